The molecule has 0 heterocycles. The first-order valence-electron chi connectivity index (χ1n) is 0.441. The lowest BCUT2D eigenvalue weighted by atomic mass is 11.8. The fourth-order valence-electron chi connectivity index (χ4n) is 0. The molecule has 0 N–H and O–H groups in total. The molecular formula is CH5AlNO. The van der Waals surface area contributed by atoms with Crippen LogP contribution in [-0.4, -0.2) is 17.4 Å². The molecule has 0 bridgehead atoms. The van der Waals surface area contributed by atoms with Gasteiger partial charge >= 0.3 is 0 Å². The van der Waals surface area contributed by atoms with E-state index in [9.17, 15) is 0 Å². The van der Waals surface area contributed by atoms with Gasteiger partial charge in [0.1, 0.15) is 0 Å². The Balaban J connectivity index is -0.00000000667. The summed E-state index contributed by atoms with van der Waals surface area (Å²) in [5, 5.41) is 10.1. The Labute approximate surface area is 37.9 Å². The summed E-state index contributed by atoms with van der Waals surface area (Å²) in [5.41, 5.74) is 0. The molecule has 23 valence electrons. The maximum absolute atomic E-state index is 8.33. The molecule has 0 aromatic heterocycles. The van der Waals surface area contributed by atoms with E-state index in [1.54, 1.807) is 5.01 Å². The van der Waals surface area contributed by atoms with E-state index in [1.807, 2.05) is 0 Å². The Hall–Kier alpha value is -0.178. The predicted octanol–water partition coefficient (Wildman–Crippen LogP) is 0.558. The Morgan fingerprint density at radius 2 is 2.00 bits per heavy atom. The van der Waals surface area contributed by atoms with Gasteiger partial charge in [-0.1, -0.05) is 0 Å². The lowest BCUT2D eigenvalue weighted by Crippen LogP contribution is -1.00. The molecule has 0 aromatic rings. The average Bonchev–Trinajstić information content (AvgIpc) is 0.918. The SMILES string of the molecule is C#[N+][O-].[Al].[HH].[HH]. The summed E-state index contributed by atoms with van der Waals surface area (Å²) in [4.78, 5) is 0. The van der Waals surface area contributed by atoms with Crippen LogP contribution in [0, 0.1) is 11.8 Å². The molecule has 0 fully saturated rings. The van der Waals surface area contributed by atoms with E-state index in [-0.39, 0.29) is 20.2 Å². The van der Waals surface area contributed by atoms with Gasteiger partial charge in [-0.25, -0.2) is 0 Å². The van der Waals surface area contributed by atoms with Crippen LogP contribution in [0.2, 0.25) is 0 Å². The molecule has 0 amide bonds. The van der Waals surface area contributed by atoms with Crippen molar-refractivity contribution >= 4 is 17.4 Å². The van der Waals surface area contributed by atoms with Crippen molar-refractivity contribution in [3.63, 3.8) is 0 Å². The molecule has 0 saturated carbocycles. The van der Waals surface area contributed by atoms with Crippen LogP contribution >= 0.6 is 0 Å². The summed E-state index contributed by atoms with van der Waals surface area (Å²) >= 11 is 0. The summed E-state index contributed by atoms with van der Waals surface area (Å²) < 4.78 is 0. The minimum Gasteiger partial charge on any atom is -0.499 e. The van der Waals surface area contributed by atoms with Crippen LogP contribution in [0.4, 0.5) is 0 Å². The Kier molecular flexibility index (Phi) is 31.8. The van der Waals surface area contributed by atoms with Crippen LogP contribution in [0.1, 0.15) is 2.85 Å². The molecule has 0 aliphatic carbocycles. The normalized spacial score (nSPS) is 1.75. The van der Waals surface area contributed by atoms with Gasteiger partial charge < -0.3 is 5.21 Å². The molecule has 0 unspecified atom stereocenters. The molecule has 0 atom stereocenters. The lowest BCUT2D eigenvalue weighted by Gasteiger charge is -1.36. The molecule has 2 nitrogen and oxygen atoms in total. The van der Waals surface area contributed by atoms with Crippen molar-refractivity contribution in [3.8, 4) is 6.57 Å². The van der Waals surface area contributed by atoms with E-state index in [1.165, 1.54) is 0 Å². The van der Waals surface area contributed by atoms with Crippen LogP contribution in [0.25, 0.3) is 5.01 Å². The largest absolute Gasteiger partial charge is 0.499 e. The first-order valence-corrected chi connectivity index (χ1v) is 0.441. The van der Waals surface area contributed by atoms with Gasteiger partial charge in [0.05, 0.1) is 0 Å². The summed E-state index contributed by atoms with van der Waals surface area (Å²) in [6.45, 7) is 3.92. The fraction of sp³-hybridized carbons (Fsp3) is 0. The molecule has 0 aromatic carbocycles. The van der Waals surface area contributed by atoms with Crippen molar-refractivity contribution in [2.24, 2.45) is 0 Å². The average molecular weight is 74.0 g/mol. The minimum absolute atomic E-state index is 0. The highest BCUT2D eigenvalue weighted by molar-refractivity contribution is 5.75. The monoisotopic (exact) mass is 74.0 g/mol. The number of nitrogens with zero attached hydrogens (tertiary/aromatic N) is 1. The van der Waals surface area contributed by atoms with Crippen molar-refractivity contribution in [2.45, 2.75) is 0 Å². The zero-order valence-electron chi connectivity index (χ0n) is 2.01. The summed E-state index contributed by atoms with van der Waals surface area (Å²) in [6, 6.07) is 0. The second kappa shape index (κ2) is 13.9. The number of hydrogen-bond donors (Lipinski definition) is 0. The summed E-state index contributed by atoms with van der Waals surface area (Å²) in [6.07, 6.45) is 0. The molecule has 0 saturated heterocycles. The number of hydrogen-bond acceptors (Lipinski definition) is 1. The van der Waals surface area contributed by atoms with Gasteiger partial charge in [-0.15, -0.1) is 0 Å². The van der Waals surface area contributed by atoms with Crippen molar-refractivity contribution in [2.75, 3.05) is 0 Å². The quantitative estimate of drug-likeness (QED) is 0.304. The zero-order valence-corrected chi connectivity index (χ0v) is 3.16. The van der Waals surface area contributed by atoms with E-state index in [0.717, 1.165) is 0 Å². The van der Waals surface area contributed by atoms with Gasteiger partial charge in [0.25, 0.3) is 6.57 Å². The smallest absolute Gasteiger partial charge is 0.283 e. The molecule has 3 radical (unpaired) electrons. The second-order valence-electron chi connectivity index (χ2n) is 0.105. The van der Waals surface area contributed by atoms with Crippen molar-refractivity contribution in [1.29, 1.82) is 0 Å². The maximum Gasteiger partial charge on any atom is 0.283 e. The maximum atomic E-state index is 8.33. The Morgan fingerprint density at radius 1 is 2.00 bits per heavy atom. The van der Waals surface area contributed by atoms with Crippen LogP contribution < -0.4 is 0 Å². The highest BCUT2D eigenvalue weighted by atomic mass is 27.0. The number of rotatable bonds is 0. The van der Waals surface area contributed by atoms with Crippen LogP contribution in [0.3, 0.4) is 0 Å². The molecule has 0 spiro atoms. The predicted molar refractivity (Wildman–Crippen MR) is 21.7 cm³/mol. The zero-order chi connectivity index (χ0) is 2.71. The molecule has 0 rings (SSSR count). The van der Waals surface area contributed by atoms with E-state index in [2.05, 4.69) is 6.57 Å². The van der Waals surface area contributed by atoms with E-state index in [0.29, 0.717) is 0 Å². The fourth-order valence-corrected chi connectivity index (χ4v) is 0. The molecule has 4 heavy (non-hydrogen) atoms. The van der Waals surface area contributed by atoms with Crippen LogP contribution in [-0.2, 0) is 0 Å². The lowest BCUT2D eigenvalue weighted by molar-refractivity contribution is 2.26. The third-order valence-corrected chi connectivity index (χ3v) is 0. The van der Waals surface area contributed by atoms with E-state index in [4.69, 9.17) is 5.21 Å². The molecule has 0 aliphatic rings. The highest BCUT2D eigenvalue weighted by Gasteiger charge is 1.07. The second-order valence-corrected chi connectivity index (χ2v) is 0.105. The third kappa shape index (κ3) is 39.1. The molecular weight excluding hydrogens is 69.0 g/mol. The first kappa shape index (κ1) is 9.17. The van der Waals surface area contributed by atoms with Crippen molar-refractivity contribution in [3.05, 3.63) is 10.2 Å². The summed E-state index contributed by atoms with van der Waals surface area (Å²) in [5.74, 6) is 0. The van der Waals surface area contributed by atoms with Gasteiger partial charge in [-0.3, -0.25) is 0 Å². The van der Waals surface area contributed by atoms with Crippen LogP contribution in [0.5, 0.6) is 0 Å². The van der Waals surface area contributed by atoms with Gasteiger partial charge in [0.2, 0.25) is 0 Å². The van der Waals surface area contributed by atoms with Gasteiger partial charge in [-0.2, -0.15) is 0 Å². The molecule has 0 aliphatic heterocycles. The first-order chi connectivity index (χ1) is 1.41. The Bertz CT molecular complexity index is 35.0. The van der Waals surface area contributed by atoms with Gasteiger partial charge in [0, 0.05) is 20.2 Å². The van der Waals surface area contributed by atoms with Gasteiger partial charge in [0.15, 0.2) is 0 Å². The minimum atomic E-state index is 0. The summed E-state index contributed by atoms with van der Waals surface area (Å²) in [7, 11) is 0. The topological polar surface area (TPSA) is 27.4 Å². The third-order valence-electron chi connectivity index (χ3n) is 0. The highest BCUT2D eigenvalue weighted by Crippen LogP contribution is 1.32. The van der Waals surface area contributed by atoms with Gasteiger partial charge in [-0.05, 0) is 5.01 Å². The standard InChI is InChI=1S/CHNO.Al.2H2/c1-2-3;;;/h1H;;2*1H. The Morgan fingerprint density at radius 3 is 2.00 bits per heavy atom. The van der Waals surface area contributed by atoms with Crippen LogP contribution in [0.15, 0.2) is 0 Å². The molecule has 3 heteroatoms. The van der Waals surface area contributed by atoms with Crippen molar-refractivity contribution < 1.29 is 2.85 Å². The van der Waals surface area contributed by atoms with Crippen molar-refractivity contribution in [1.82, 2.24) is 0 Å². The van der Waals surface area contributed by atoms with E-state index >= 15 is 0 Å². The van der Waals surface area contributed by atoms with E-state index < -0.39 is 0 Å².